The number of likely N-dealkylation sites (tertiary alicyclic amines) is 1. The molecule has 1 atom stereocenters. The Morgan fingerprint density at radius 1 is 1.09 bits per heavy atom. The predicted octanol–water partition coefficient (Wildman–Crippen LogP) is 2.00. The molecule has 0 radical (unpaired) electrons. The Morgan fingerprint density at radius 3 is 2.59 bits per heavy atom. The summed E-state index contributed by atoms with van der Waals surface area (Å²) in [6.45, 7) is 8.42. The summed E-state index contributed by atoms with van der Waals surface area (Å²) in [6, 6.07) is 6.51. The lowest BCUT2D eigenvalue weighted by Crippen LogP contribution is -2.60. The molecule has 2 amide bonds. The van der Waals surface area contributed by atoms with Crippen molar-refractivity contribution in [1.29, 1.82) is 0 Å². The average Bonchev–Trinajstić information content (AvgIpc) is 3.14. The lowest BCUT2D eigenvalue weighted by atomic mass is 9.71. The van der Waals surface area contributed by atoms with Crippen molar-refractivity contribution in [2.24, 2.45) is 18.4 Å². The molecule has 0 bridgehead atoms. The van der Waals surface area contributed by atoms with Crippen LogP contribution in [0.5, 0.6) is 0 Å². The first kappa shape index (κ1) is 22.0. The van der Waals surface area contributed by atoms with E-state index in [0.717, 1.165) is 35.6 Å². The average molecular weight is 465 g/mol. The van der Waals surface area contributed by atoms with E-state index in [-0.39, 0.29) is 17.7 Å². The van der Waals surface area contributed by atoms with E-state index >= 15 is 0 Å². The molecule has 4 aliphatic heterocycles. The largest absolute Gasteiger partial charge is 0.370 e. The molecule has 0 saturated carbocycles. The number of hydrogen-bond donors (Lipinski definition) is 2. The Morgan fingerprint density at radius 2 is 1.85 bits per heavy atom. The standard InChI is InChI=1S/C26H36N6O2/c1-30-22-14-19(2-3-20(22)24(29-30)21-4-5-23(33)28-25(21)34)32-16-26(17-32)8-12-31(13-9-26)15-18-6-10-27-11-7-18/h2-3,14,18,21,27H,4-13,15-17H2,1H3,(H,28,33,34). The Bertz CT molecular complexity index is 1090. The number of piperidine rings is 3. The van der Waals surface area contributed by atoms with Gasteiger partial charge in [0.25, 0.3) is 0 Å². The Balaban J connectivity index is 1.10. The topological polar surface area (TPSA) is 82.5 Å². The third kappa shape index (κ3) is 4.01. The second-order valence-electron chi connectivity index (χ2n) is 11.1. The summed E-state index contributed by atoms with van der Waals surface area (Å²) in [5, 5.41) is 11.7. The van der Waals surface area contributed by atoms with Gasteiger partial charge in [0.15, 0.2) is 0 Å². The highest BCUT2D eigenvalue weighted by atomic mass is 16.2. The smallest absolute Gasteiger partial charge is 0.235 e. The number of benzene rings is 1. The van der Waals surface area contributed by atoms with E-state index < -0.39 is 0 Å². The lowest BCUT2D eigenvalue weighted by Gasteiger charge is -2.55. The molecule has 4 aliphatic rings. The molecule has 1 unspecified atom stereocenters. The van der Waals surface area contributed by atoms with Crippen LogP contribution in [-0.4, -0.2) is 72.3 Å². The number of fused-ring (bicyclic) bond motifs is 1. The van der Waals surface area contributed by atoms with Gasteiger partial charge in [0.2, 0.25) is 11.8 Å². The molecule has 0 aliphatic carbocycles. The van der Waals surface area contributed by atoms with Crippen LogP contribution in [0, 0.1) is 11.3 Å². The van der Waals surface area contributed by atoms with Crippen molar-refractivity contribution in [3.05, 3.63) is 23.9 Å². The molecular weight excluding hydrogens is 428 g/mol. The van der Waals surface area contributed by atoms with Gasteiger partial charge in [-0.2, -0.15) is 5.10 Å². The molecule has 1 aromatic heterocycles. The van der Waals surface area contributed by atoms with Crippen LogP contribution in [-0.2, 0) is 16.6 Å². The quantitative estimate of drug-likeness (QED) is 0.674. The Kier molecular flexibility index (Phi) is 5.60. The van der Waals surface area contributed by atoms with Crippen molar-refractivity contribution in [1.82, 2.24) is 25.3 Å². The predicted molar refractivity (Wildman–Crippen MR) is 132 cm³/mol. The maximum Gasteiger partial charge on any atom is 0.235 e. The van der Waals surface area contributed by atoms with Crippen LogP contribution in [0.3, 0.4) is 0 Å². The number of aromatic nitrogens is 2. The molecule has 182 valence electrons. The maximum atomic E-state index is 12.4. The first-order chi connectivity index (χ1) is 16.5. The number of aryl methyl sites for hydroxylation is 1. The van der Waals surface area contributed by atoms with Crippen molar-refractivity contribution < 1.29 is 9.59 Å². The van der Waals surface area contributed by atoms with Gasteiger partial charge < -0.3 is 15.1 Å². The first-order valence-corrected chi connectivity index (χ1v) is 13.0. The highest BCUT2D eigenvalue weighted by Gasteiger charge is 2.45. The van der Waals surface area contributed by atoms with Crippen LogP contribution in [0.2, 0.25) is 0 Å². The highest BCUT2D eigenvalue weighted by Crippen LogP contribution is 2.43. The van der Waals surface area contributed by atoms with Crippen molar-refractivity contribution in [3.63, 3.8) is 0 Å². The van der Waals surface area contributed by atoms with Gasteiger partial charge in [-0.1, -0.05) is 0 Å². The molecule has 2 aromatic rings. The van der Waals surface area contributed by atoms with Gasteiger partial charge in [-0.3, -0.25) is 19.6 Å². The van der Waals surface area contributed by atoms with Gasteiger partial charge in [-0.25, -0.2) is 0 Å². The van der Waals surface area contributed by atoms with E-state index in [1.54, 1.807) is 0 Å². The van der Waals surface area contributed by atoms with Crippen LogP contribution in [0.25, 0.3) is 10.9 Å². The third-order valence-electron chi connectivity index (χ3n) is 8.74. The van der Waals surface area contributed by atoms with E-state index in [0.29, 0.717) is 18.3 Å². The van der Waals surface area contributed by atoms with Crippen LogP contribution in [0.15, 0.2) is 18.2 Å². The normalized spacial score (nSPS) is 26.1. The van der Waals surface area contributed by atoms with E-state index in [9.17, 15) is 9.59 Å². The number of amides is 2. The molecule has 1 spiro atoms. The van der Waals surface area contributed by atoms with E-state index in [1.165, 1.54) is 64.1 Å². The SMILES string of the molecule is Cn1nc(C2CCC(=O)NC2=O)c2ccc(N3CC4(CCN(CC5CCNCC5)CC4)C3)cc21. The molecule has 6 rings (SSSR count). The van der Waals surface area contributed by atoms with Gasteiger partial charge in [0, 0.05) is 49.6 Å². The summed E-state index contributed by atoms with van der Waals surface area (Å²) in [5.74, 6) is 0.113. The Hall–Kier alpha value is -2.45. The fourth-order valence-corrected chi connectivity index (χ4v) is 6.58. The molecule has 4 saturated heterocycles. The first-order valence-electron chi connectivity index (χ1n) is 13.0. The van der Waals surface area contributed by atoms with Crippen LogP contribution < -0.4 is 15.5 Å². The van der Waals surface area contributed by atoms with Crippen molar-refractivity contribution in [3.8, 4) is 0 Å². The molecule has 8 heteroatoms. The van der Waals surface area contributed by atoms with Crippen molar-refractivity contribution in [2.75, 3.05) is 50.7 Å². The maximum absolute atomic E-state index is 12.4. The molecule has 34 heavy (non-hydrogen) atoms. The van der Waals surface area contributed by atoms with Crippen LogP contribution in [0.4, 0.5) is 5.69 Å². The number of anilines is 1. The summed E-state index contributed by atoms with van der Waals surface area (Å²) >= 11 is 0. The summed E-state index contributed by atoms with van der Waals surface area (Å²) in [6.07, 6.45) is 6.18. The minimum atomic E-state index is -0.352. The molecule has 8 nitrogen and oxygen atoms in total. The van der Waals surface area contributed by atoms with E-state index in [4.69, 9.17) is 0 Å². The molecule has 1 aromatic carbocycles. The fraction of sp³-hybridized carbons (Fsp3) is 0.654. The summed E-state index contributed by atoms with van der Waals surface area (Å²) < 4.78 is 1.88. The molecule has 4 fully saturated rings. The zero-order chi connectivity index (χ0) is 23.3. The zero-order valence-corrected chi connectivity index (χ0v) is 20.2. The highest BCUT2D eigenvalue weighted by molar-refractivity contribution is 6.02. The third-order valence-corrected chi connectivity index (χ3v) is 8.74. The minimum absolute atomic E-state index is 0.187. The monoisotopic (exact) mass is 464 g/mol. The molecule has 5 heterocycles. The number of imide groups is 1. The summed E-state index contributed by atoms with van der Waals surface area (Å²) in [5.41, 5.74) is 3.56. The van der Waals surface area contributed by atoms with Gasteiger partial charge >= 0.3 is 0 Å². The van der Waals surface area contributed by atoms with Gasteiger partial charge in [0.05, 0.1) is 17.1 Å². The summed E-state index contributed by atoms with van der Waals surface area (Å²) in [4.78, 5) is 29.2. The van der Waals surface area contributed by atoms with Crippen molar-refractivity contribution >= 4 is 28.4 Å². The van der Waals surface area contributed by atoms with Gasteiger partial charge in [0.1, 0.15) is 0 Å². The van der Waals surface area contributed by atoms with Gasteiger partial charge in [-0.05, 0) is 82.4 Å². The summed E-state index contributed by atoms with van der Waals surface area (Å²) in [7, 11) is 1.94. The fourth-order valence-electron chi connectivity index (χ4n) is 6.58. The number of carbonyl (C=O) groups excluding carboxylic acids is 2. The molecular formula is C26H36N6O2. The lowest BCUT2D eigenvalue weighted by molar-refractivity contribution is -0.134. The number of rotatable bonds is 4. The number of nitrogens with one attached hydrogen (secondary N) is 2. The number of carbonyl (C=O) groups is 2. The minimum Gasteiger partial charge on any atom is -0.370 e. The molecule has 2 N–H and O–H groups in total. The Labute approximate surface area is 201 Å². The van der Waals surface area contributed by atoms with Crippen LogP contribution in [0.1, 0.15) is 50.1 Å². The second-order valence-corrected chi connectivity index (χ2v) is 11.1. The second kappa shape index (κ2) is 8.64. The van der Waals surface area contributed by atoms with Crippen LogP contribution >= 0.6 is 0 Å². The van der Waals surface area contributed by atoms with E-state index in [2.05, 4.69) is 43.7 Å². The number of nitrogens with zero attached hydrogens (tertiary/aromatic N) is 4. The van der Waals surface area contributed by atoms with E-state index in [1.807, 2.05) is 11.7 Å². The zero-order valence-electron chi connectivity index (χ0n) is 20.2. The van der Waals surface area contributed by atoms with Gasteiger partial charge in [-0.15, -0.1) is 0 Å². The van der Waals surface area contributed by atoms with Crippen molar-refractivity contribution in [2.45, 2.75) is 44.4 Å². The number of hydrogen-bond acceptors (Lipinski definition) is 6.